The second-order valence-corrected chi connectivity index (χ2v) is 7.15. The van der Waals surface area contributed by atoms with Crippen molar-refractivity contribution in [3.05, 3.63) is 70.4 Å². The van der Waals surface area contributed by atoms with Gasteiger partial charge in [-0.25, -0.2) is 4.98 Å². The molecule has 148 valence electrons. The lowest BCUT2D eigenvalue weighted by molar-refractivity contribution is 0.736. The predicted molar refractivity (Wildman–Crippen MR) is 116 cm³/mol. The maximum Gasteiger partial charge on any atom is 0.258 e. The highest BCUT2D eigenvalue weighted by atomic mass is 35.5. The third-order valence-corrected chi connectivity index (χ3v) is 5.13. The molecule has 0 radical (unpaired) electrons. The van der Waals surface area contributed by atoms with E-state index in [0.29, 0.717) is 11.3 Å². The largest absolute Gasteiger partial charge is 0.320 e. The fraction of sp³-hybridized carbons (Fsp3) is 0.238. The molecular formula is C21H21ClN6O. The highest BCUT2D eigenvalue weighted by molar-refractivity contribution is 5.85. The maximum absolute atomic E-state index is 12.8. The summed E-state index contributed by atoms with van der Waals surface area (Å²) in [6, 6.07) is 3.60. The Bertz CT molecular complexity index is 1320. The van der Waals surface area contributed by atoms with Crippen molar-refractivity contribution in [2.45, 2.75) is 20.3 Å². The second kappa shape index (κ2) is 7.42. The van der Waals surface area contributed by atoms with E-state index in [0.717, 1.165) is 53.2 Å². The number of fused-ring (bicyclic) bond motifs is 2. The minimum atomic E-state index is -0.112. The number of nitrogens with zero attached hydrogens (tertiary/aromatic N) is 5. The molecule has 5 rings (SSSR count). The summed E-state index contributed by atoms with van der Waals surface area (Å²) in [7, 11) is 0. The van der Waals surface area contributed by atoms with Gasteiger partial charge in [-0.3, -0.25) is 19.2 Å². The molecule has 0 saturated heterocycles. The smallest absolute Gasteiger partial charge is 0.258 e. The lowest BCUT2D eigenvalue weighted by atomic mass is 10.1. The number of hydrogen-bond donors (Lipinski definition) is 1. The number of halogens is 1. The van der Waals surface area contributed by atoms with Gasteiger partial charge in [0.2, 0.25) is 0 Å². The number of nitrogens with one attached hydrogen (secondary N) is 1. The topological polar surface area (TPSA) is 76.6 Å². The zero-order chi connectivity index (χ0) is 19.3. The molecule has 0 fully saturated rings. The molecule has 0 amide bonds. The predicted octanol–water partition coefficient (Wildman–Crippen LogP) is 2.82. The Hall–Kier alpha value is -3.03. The first kappa shape index (κ1) is 19.3. The molecule has 0 saturated carbocycles. The Morgan fingerprint density at radius 2 is 1.93 bits per heavy atom. The van der Waals surface area contributed by atoms with E-state index >= 15 is 0 Å². The first-order valence-corrected chi connectivity index (χ1v) is 9.34. The molecule has 0 aliphatic carbocycles. The minimum absolute atomic E-state index is 0. The Morgan fingerprint density at radius 1 is 1.07 bits per heavy atom. The van der Waals surface area contributed by atoms with Crippen LogP contribution in [0, 0.1) is 13.8 Å². The molecule has 0 unspecified atom stereocenters. The van der Waals surface area contributed by atoms with Gasteiger partial charge in [-0.05, 0) is 38.5 Å². The van der Waals surface area contributed by atoms with Crippen LogP contribution in [0.4, 0.5) is 0 Å². The molecule has 0 bridgehead atoms. The van der Waals surface area contributed by atoms with Crippen LogP contribution in [-0.2, 0) is 0 Å². The van der Waals surface area contributed by atoms with Crippen LogP contribution >= 0.6 is 12.4 Å². The van der Waals surface area contributed by atoms with Crippen LogP contribution in [0.2, 0.25) is 0 Å². The van der Waals surface area contributed by atoms with E-state index in [-0.39, 0.29) is 18.0 Å². The highest BCUT2D eigenvalue weighted by Crippen LogP contribution is 2.23. The molecule has 1 aliphatic heterocycles. The number of aryl methyl sites for hydroxylation is 2. The summed E-state index contributed by atoms with van der Waals surface area (Å²) in [4.78, 5) is 26.5. The Kier molecular flexibility index (Phi) is 4.94. The van der Waals surface area contributed by atoms with E-state index < -0.39 is 0 Å². The quantitative estimate of drug-likeness (QED) is 0.552. The van der Waals surface area contributed by atoms with Crippen molar-refractivity contribution in [3.8, 4) is 11.3 Å². The first-order chi connectivity index (χ1) is 13.6. The van der Waals surface area contributed by atoms with Crippen molar-refractivity contribution in [1.29, 1.82) is 0 Å². The lowest BCUT2D eigenvalue weighted by Gasteiger charge is -2.14. The minimum Gasteiger partial charge on any atom is -0.320 e. The summed E-state index contributed by atoms with van der Waals surface area (Å²) in [6.07, 6.45) is 10.4. The van der Waals surface area contributed by atoms with Gasteiger partial charge in [0.15, 0.2) is 5.65 Å². The van der Waals surface area contributed by atoms with E-state index in [1.807, 2.05) is 36.7 Å². The fourth-order valence-electron chi connectivity index (χ4n) is 3.75. The van der Waals surface area contributed by atoms with Crippen molar-refractivity contribution in [3.63, 3.8) is 0 Å². The van der Waals surface area contributed by atoms with Crippen molar-refractivity contribution in [2.75, 3.05) is 13.1 Å². The molecule has 7 nitrogen and oxygen atoms in total. The van der Waals surface area contributed by atoms with Crippen LogP contribution in [0.1, 0.15) is 23.5 Å². The lowest BCUT2D eigenvalue weighted by Crippen LogP contribution is -2.21. The van der Waals surface area contributed by atoms with Gasteiger partial charge >= 0.3 is 0 Å². The molecule has 0 aromatic carbocycles. The Labute approximate surface area is 173 Å². The number of hydrogen-bond acceptors (Lipinski definition) is 5. The van der Waals surface area contributed by atoms with Crippen molar-refractivity contribution >= 4 is 29.1 Å². The summed E-state index contributed by atoms with van der Waals surface area (Å²) in [6.45, 7) is 5.70. The van der Waals surface area contributed by atoms with E-state index in [2.05, 4.69) is 26.3 Å². The standard InChI is InChI=1S/C21H20N6O.ClH/c1-13-10-26-11-16(7-19(26)14(2)24-13)17-8-21(28)27-12-18(23-9-20(27)25-17)15-3-5-22-6-4-15;/h3,7-12,22H,4-6H2,1-2H3;1H. The molecular weight excluding hydrogens is 388 g/mol. The summed E-state index contributed by atoms with van der Waals surface area (Å²) >= 11 is 0. The zero-order valence-corrected chi connectivity index (χ0v) is 17.0. The summed E-state index contributed by atoms with van der Waals surface area (Å²) in [5.74, 6) is 0. The molecule has 4 aromatic rings. The Morgan fingerprint density at radius 3 is 2.72 bits per heavy atom. The van der Waals surface area contributed by atoms with Gasteiger partial charge in [0, 0.05) is 36.8 Å². The number of aromatic nitrogens is 5. The van der Waals surface area contributed by atoms with Crippen LogP contribution in [0.3, 0.4) is 0 Å². The van der Waals surface area contributed by atoms with E-state index in [1.165, 1.54) is 0 Å². The average molecular weight is 409 g/mol. The molecule has 1 aliphatic rings. The van der Waals surface area contributed by atoms with Crippen molar-refractivity contribution < 1.29 is 0 Å². The van der Waals surface area contributed by atoms with Crippen LogP contribution < -0.4 is 10.9 Å². The highest BCUT2D eigenvalue weighted by Gasteiger charge is 2.12. The Balaban J connectivity index is 0.00000205. The van der Waals surface area contributed by atoms with Crippen molar-refractivity contribution in [1.82, 2.24) is 29.1 Å². The molecule has 5 heterocycles. The molecule has 29 heavy (non-hydrogen) atoms. The van der Waals surface area contributed by atoms with Gasteiger partial charge in [-0.15, -0.1) is 12.4 Å². The number of rotatable bonds is 2. The van der Waals surface area contributed by atoms with E-state index in [9.17, 15) is 4.79 Å². The van der Waals surface area contributed by atoms with E-state index in [1.54, 1.807) is 22.9 Å². The summed E-state index contributed by atoms with van der Waals surface area (Å²) < 4.78 is 3.60. The SMILES string of the molecule is Cc1cn2cc(-c3cc(=O)n4cc(C5=CCNCC5)ncc4n3)cc2c(C)n1.Cl. The summed E-state index contributed by atoms with van der Waals surface area (Å²) in [5, 5.41) is 3.29. The molecule has 8 heteroatoms. The van der Waals surface area contributed by atoms with Gasteiger partial charge in [0.05, 0.1) is 34.5 Å². The monoisotopic (exact) mass is 408 g/mol. The fourth-order valence-corrected chi connectivity index (χ4v) is 3.75. The normalized spacial score (nSPS) is 14.1. The van der Waals surface area contributed by atoms with Gasteiger partial charge in [-0.1, -0.05) is 6.08 Å². The maximum atomic E-state index is 12.8. The van der Waals surface area contributed by atoms with Crippen LogP contribution in [0.15, 0.2) is 47.8 Å². The zero-order valence-electron chi connectivity index (χ0n) is 16.2. The van der Waals surface area contributed by atoms with Crippen LogP contribution in [-0.4, -0.2) is 36.8 Å². The summed E-state index contributed by atoms with van der Waals surface area (Å²) in [5.41, 5.74) is 6.86. The second-order valence-electron chi connectivity index (χ2n) is 7.15. The first-order valence-electron chi connectivity index (χ1n) is 9.34. The molecule has 1 N–H and O–H groups in total. The molecule has 0 atom stereocenters. The molecule has 4 aromatic heterocycles. The van der Waals surface area contributed by atoms with Crippen LogP contribution in [0.5, 0.6) is 0 Å². The average Bonchev–Trinajstić information content (AvgIpc) is 3.13. The van der Waals surface area contributed by atoms with Gasteiger partial charge in [0.25, 0.3) is 5.56 Å². The third kappa shape index (κ3) is 3.43. The third-order valence-electron chi connectivity index (χ3n) is 5.13. The van der Waals surface area contributed by atoms with Gasteiger partial charge in [-0.2, -0.15) is 0 Å². The van der Waals surface area contributed by atoms with Gasteiger partial charge in [0.1, 0.15) is 0 Å². The van der Waals surface area contributed by atoms with Crippen LogP contribution in [0.25, 0.3) is 28.0 Å². The van der Waals surface area contributed by atoms with E-state index in [4.69, 9.17) is 0 Å². The van der Waals surface area contributed by atoms with Crippen molar-refractivity contribution in [2.24, 2.45) is 0 Å². The van der Waals surface area contributed by atoms with Gasteiger partial charge < -0.3 is 9.72 Å². The molecule has 0 spiro atoms.